The molecule has 0 fully saturated rings. The lowest BCUT2D eigenvalue weighted by molar-refractivity contribution is 0.933. The van der Waals surface area contributed by atoms with Gasteiger partial charge in [-0.3, -0.25) is 0 Å². The van der Waals surface area contributed by atoms with Crippen molar-refractivity contribution in [3.05, 3.63) is 35.7 Å². The van der Waals surface area contributed by atoms with Crippen molar-refractivity contribution in [3.63, 3.8) is 0 Å². The monoisotopic (exact) mass is 277 g/mol. The molecule has 5 nitrogen and oxygen atoms in total. The maximum Gasteiger partial charge on any atom is 0.187 e. The molecular formula is C11H8ClN5S. The summed E-state index contributed by atoms with van der Waals surface area (Å²) in [6.45, 7) is 0. The highest BCUT2D eigenvalue weighted by Crippen LogP contribution is 2.21. The van der Waals surface area contributed by atoms with Crippen LogP contribution in [-0.4, -0.2) is 30.8 Å². The van der Waals surface area contributed by atoms with E-state index in [9.17, 15) is 0 Å². The molecule has 0 aromatic carbocycles. The molecule has 0 aliphatic heterocycles. The Labute approximate surface area is 112 Å². The Morgan fingerprint density at radius 3 is 2.89 bits per heavy atom. The summed E-state index contributed by atoms with van der Waals surface area (Å²) in [5, 5.41) is 5.28. The molecule has 0 spiro atoms. The van der Waals surface area contributed by atoms with Crippen LogP contribution in [0.15, 0.2) is 35.7 Å². The second-order valence-corrected chi connectivity index (χ2v) is 4.65. The van der Waals surface area contributed by atoms with E-state index in [4.69, 9.17) is 11.6 Å². The van der Waals surface area contributed by atoms with Gasteiger partial charge in [0.05, 0.1) is 17.6 Å². The van der Waals surface area contributed by atoms with E-state index < -0.39 is 0 Å². The largest absolute Gasteiger partial charge is 0.231 e. The van der Waals surface area contributed by atoms with E-state index in [2.05, 4.69) is 20.1 Å². The number of hydrogen-bond acceptors (Lipinski definition) is 5. The summed E-state index contributed by atoms with van der Waals surface area (Å²) in [6, 6.07) is 5.35. The number of fused-ring (bicyclic) bond motifs is 1. The van der Waals surface area contributed by atoms with Gasteiger partial charge >= 0.3 is 0 Å². The van der Waals surface area contributed by atoms with Crippen molar-refractivity contribution in [1.82, 2.24) is 24.6 Å². The summed E-state index contributed by atoms with van der Waals surface area (Å²) in [6.07, 6.45) is 5.30. The molecule has 3 rings (SSSR count). The van der Waals surface area contributed by atoms with Gasteiger partial charge in [0.2, 0.25) is 0 Å². The van der Waals surface area contributed by atoms with Gasteiger partial charge < -0.3 is 0 Å². The molecular weight excluding hydrogens is 270 g/mol. The molecule has 0 radical (unpaired) electrons. The summed E-state index contributed by atoms with van der Waals surface area (Å²) in [4.78, 5) is 13.0. The summed E-state index contributed by atoms with van der Waals surface area (Å²) < 4.78 is 1.57. The van der Waals surface area contributed by atoms with E-state index >= 15 is 0 Å². The third-order valence-corrected chi connectivity index (χ3v) is 3.23. The third kappa shape index (κ3) is 1.93. The minimum atomic E-state index is 0.504. The summed E-state index contributed by atoms with van der Waals surface area (Å²) >= 11 is 7.63. The van der Waals surface area contributed by atoms with Crippen LogP contribution in [0, 0.1) is 0 Å². The van der Waals surface area contributed by atoms with Crippen molar-refractivity contribution >= 4 is 29.0 Å². The lowest BCUT2D eigenvalue weighted by Crippen LogP contribution is -1.96. The first-order valence-corrected chi connectivity index (χ1v) is 6.76. The van der Waals surface area contributed by atoms with E-state index in [1.807, 2.05) is 12.3 Å². The van der Waals surface area contributed by atoms with Crippen LogP contribution in [0.4, 0.5) is 0 Å². The summed E-state index contributed by atoms with van der Waals surface area (Å²) in [5.41, 5.74) is 2.16. The topological polar surface area (TPSA) is 56.0 Å². The second kappa shape index (κ2) is 4.55. The molecule has 0 saturated carbocycles. The Balaban J connectivity index is 2.18. The summed E-state index contributed by atoms with van der Waals surface area (Å²) in [7, 11) is 0. The Morgan fingerprint density at radius 2 is 2.06 bits per heavy atom. The van der Waals surface area contributed by atoms with Gasteiger partial charge in [0.1, 0.15) is 5.15 Å². The van der Waals surface area contributed by atoms with Crippen LogP contribution in [0.2, 0.25) is 5.15 Å². The van der Waals surface area contributed by atoms with Crippen LogP contribution in [0.5, 0.6) is 0 Å². The van der Waals surface area contributed by atoms with E-state index in [-0.39, 0.29) is 0 Å². The van der Waals surface area contributed by atoms with Crippen molar-refractivity contribution in [1.29, 1.82) is 0 Å². The van der Waals surface area contributed by atoms with Crippen LogP contribution >= 0.6 is 23.4 Å². The summed E-state index contributed by atoms with van der Waals surface area (Å²) in [5.74, 6) is 0. The normalized spacial score (nSPS) is 11.0. The number of rotatable bonds is 2. The lowest BCUT2D eigenvalue weighted by atomic mass is 10.3. The Hall–Kier alpha value is -1.66. The second-order valence-electron chi connectivity index (χ2n) is 3.49. The minimum Gasteiger partial charge on any atom is -0.231 e. The number of thioether (sulfide) groups is 1. The minimum absolute atomic E-state index is 0.504. The quantitative estimate of drug-likeness (QED) is 0.409. The molecule has 3 heterocycles. The molecule has 18 heavy (non-hydrogen) atoms. The fraction of sp³-hybridized carbons (Fsp3) is 0.0909. The van der Waals surface area contributed by atoms with Crippen molar-refractivity contribution in [3.8, 4) is 11.4 Å². The Bertz CT molecular complexity index is 711. The fourth-order valence-electron chi connectivity index (χ4n) is 1.59. The maximum atomic E-state index is 6.14. The zero-order valence-electron chi connectivity index (χ0n) is 9.41. The zero-order valence-corrected chi connectivity index (χ0v) is 11.0. The van der Waals surface area contributed by atoms with Gasteiger partial charge in [-0.05, 0) is 12.3 Å². The fourth-order valence-corrected chi connectivity index (χ4v) is 2.18. The molecule has 0 unspecified atom stereocenters. The number of nitrogens with zero attached hydrogens (tertiary/aromatic N) is 5. The molecule has 90 valence electrons. The first kappa shape index (κ1) is 11.4. The highest BCUT2D eigenvalue weighted by Gasteiger charge is 2.08. The van der Waals surface area contributed by atoms with Crippen molar-refractivity contribution < 1.29 is 0 Å². The van der Waals surface area contributed by atoms with E-state index in [1.54, 1.807) is 29.0 Å². The third-order valence-electron chi connectivity index (χ3n) is 2.39. The number of halogens is 1. The SMILES string of the molecule is CSc1nccc(-c2cc(Cl)n3nccc3n2)n1. The highest BCUT2D eigenvalue weighted by atomic mass is 35.5. The van der Waals surface area contributed by atoms with Gasteiger partial charge in [0, 0.05) is 18.3 Å². The van der Waals surface area contributed by atoms with Crippen molar-refractivity contribution in [2.45, 2.75) is 5.16 Å². The predicted molar refractivity (Wildman–Crippen MR) is 70.8 cm³/mol. The van der Waals surface area contributed by atoms with Crippen molar-refractivity contribution in [2.24, 2.45) is 0 Å². The first-order valence-electron chi connectivity index (χ1n) is 5.15. The highest BCUT2D eigenvalue weighted by molar-refractivity contribution is 7.98. The van der Waals surface area contributed by atoms with Gasteiger partial charge in [0.25, 0.3) is 0 Å². The standard InChI is InChI=1S/C11H8ClN5S/c1-18-11-13-4-2-7(16-11)8-6-9(12)17-10(15-8)3-5-14-17/h2-6H,1H3. The van der Waals surface area contributed by atoms with Crippen LogP contribution in [0.1, 0.15) is 0 Å². The van der Waals surface area contributed by atoms with E-state index in [1.165, 1.54) is 11.8 Å². The molecule has 0 aliphatic rings. The van der Waals surface area contributed by atoms with E-state index in [0.717, 1.165) is 5.69 Å². The molecule has 3 aromatic rings. The molecule has 0 N–H and O–H groups in total. The van der Waals surface area contributed by atoms with E-state index in [0.29, 0.717) is 21.7 Å². The molecule has 0 aliphatic carbocycles. The number of aromatic nitrogens is 5. The van der Waals surface area contributed by atoms with Gasteiger partial charge in [-0.2, -0.15) is 5.10 Å². The Kier molecular flexibility index (Phi) is 2.89. The van der Waals surface area contributed by atoms with Crippen LogP contribution in [0.25, 0.3) is 17.0 Å². The molecule has 0 atom stereocenters. The first-order chi connectivity index (χ1) is 8.78. The van der Waals surface area contributed by atoms with Gasteiger partial charge in [0.15, 0.2) is 10.8 Å². The predicted octanol–water partition coefficient (Wildman–Crippen LogP) is 2.56. The van der Waals surface area contributed by atoms with Gasteiger partial charge in [-0.25, -0.2) is 19.5 Å². The number of hydrogen-bond donors (Lipinski definition) is 0. The van der Waals surface area contributed by atoms with Crippen LogP contribution in [0.3, 0.4) is 0 Å². The molecule has 7 heteroatoms. The van der Waals surface area contributed by atoms with Gasteiger partial charge in [-0.1, -0.05) is 23.4 Å². The average molecular weight is 278 g/mol. The van der Waals surface area contributed by atoms with Crippen LogP contribution in [-0.2, 0) is 0 Å². The maximum absolute atomic E-state index is 6.14. The Morgan fingerprint density at radius 1 is 1.17 bits per heavy atom. The van der Waals surface area contributed by atoms with Crippen LogP contribution < -0.4 is 0 Å². The molecule has 0 saturated heterocycles. The lowest BCUT2D eigenvalue weighted by Gasteiger charge is -2.03. The molecule has 0 amide bonds. The molecule has 3 aromatic heterocycles. The van der Waals surface area contributed by atoms with Gasteiger partial charge in [-0.15, -0.1) is 0 Å². The zero-order chi connectivity index (χ0) is 12.5. The van der Waals surface area contributed by atoms with Crippen molar-refractivity contribution in [2.75, 3.05) is 6.26 Å². The average Bonchev–Trinajstić information content (AvgIpc) is 2.87. The molecule has 0 bridgehead atoms. The smallest absolute Gasteiger partial charge is 0.187 e.